The number of methoxy groups -OCH3 is 1. The molecule has 2 heterocycles. The average Bonchev–Trinajstić information content (AvgIpc) is 3.31. The van der Waals surface area contributed by atoms with Crippen LogP contribution >= 0.6 is 11.3 Å². The number of hydrogen-bond donors (Lipinski definition) is 1. The van der Waals surface area contributed by atoms with E-state index in [0.717, 1.165) is 19.4 Å². The van der Waals surface area contributed by atoms with Gasteiger partial charge in [0, 0.05) is 17.6 Å². The lowest BCUT2D eigenvalue weighted by molar-refractivity contribution is -0.128. The second kappa shape index (κ2) is 8.57. The monoisotopic (exact) mass is 380 g/mol. The number of rotatable bonds is 7. The third-order valence-corrected chi connectivity index (χ3v) is 4.85. The van der Waals surface area contributed by atoms with Crippen LogP contribution in [0.1, 0.15) is 19.8 Å². The van der Waals surface area contributed by atoms with E-state index in [2.05, 4.69) is 10.3 Å². The van der Waals surface area contributed by atoms with Gasteiger partial charge in [-0.25, -0.2) is 9.37 Å². The molecule has 1 amide bonds. The molecule has 1 fully saturated rings. The fourth-order valence-electron chi connectivity index (χ4n) is 2.65. The molecule has 1 aromatic carbocycles. The van der Waals surface area contributed by atoms with E-state index in [9.17, 15) is 9.18 Å². The van der Waals surface area contributed by atoms with Gasteiger partial charge in [-0.15, -0.1) is 11.3 Å². The molecule has 2 aromatic rings. The van der Waals surface area contributed by atoms with Gasteiger partial charge in [0.25, 0.3) is 5.91 Å². The zero-order chi connectivity index (χ0) is 18.5. The van der Waals surface area contributed by atoms with Crippen LogP contribution in [0.15, 0.2) is 23.6 Å². The number of amides is 1. The summed E-state index contributed by atoms with van der Waals surface area (Å²) in [6.45, 7) is 2.84. The first-order valence-corrected chi connectivity index (χ1v) is 9.28. The molecule has 1 aromatic heterocycles. The van der Waals surface area contributed by atoms with Crippen molar-refractivity contribution in [3.8, 4) is 17.0 Å². The zero-order valence-corrected chi connectivity index (χ0v) is 15.5. The topological polar surface area (TPSA) is 69.7 Å². The Hall–Kier alpha value is -2.03. The van der Waals surface area contributed by atoms with Gasteiger partial charge < -0.3 is 14.2 Å². The van der Waals surface area contributed by atoms with Gasteiger partial charge in [0.2, 0.25) is 0 Å². The Morgan fingerprint density at radius 3 is 3.12 bits per heavy atom. The van der Waals surface area contributed by atoms with E-state index in [1.807, 2.05) is 0 Å². The molecule has 1 N–H and O–H groups in total. The van der Waals surface area contributed by atoms with Gasteiger partial charge in [-0.2, -0.15) is 0 Å². The molecule has 8 heteroatoms. The number of halogens is 1. The molecular weight excluding hydrogens is 359 g/mol. The fraction of sp³-hybridized carbons (Fsp3) is 0.444. The predicted molar refractivity (Wildman–Crippen MR) is 97.1 cm³/mol. The minimum Gasteiger partial charge on any atom is -0.496 e. The highest BCUT2D eigenvalue weighted by Gasteiger charge is 2.21. The summed E-state index contributed by atoms with van der Waals surface area (Å²) >= 11 is 1.26. The molecular formula is C18H21FN2O4S. The smallest absolute Gasteiger partial charge is 0.254 e. The van der Waals surface area contributed by atoms with E-state index in [4.69, 9.17) is 14.2 Å². The van der Waals surface area contributed by atoms with Gasteiger partial charge in [-0.05, 0) is 38.0 Å². The maximum atomic E-state index is 13.5. The third kappa shape index (κ3) is 4.57. The highest BCUT2D eigenvalue weighted by Crippen LogP contribution is 2.32. The average molecular weight is 380 g/mol. The van der Waals surface area contributed by atoms with Crippen molar-refractivity contribution >= 4 is 22.4 Å². The van der Waals surface area contributed by atoms with Gasteiger partial charge in [-0.3, -0.25) is 10.1 Å². The van der Waals surface area contributed by atoms with Crippen LogP contribution in [0.5, 0.6) is 5.75 Å². The van der Waals surface area contributed by atoms with Crippen LogP contribution in [0.25, 0.3) is 11.3 Å². The molecule has 1 aliphatic rings. The van der Waals surface area contributed by atoms with Crippen molar-refractivity contribution in [3.05, 3.63) is 29.4 Å². The summed E-state index contributed by atoms with van der Waals surface area (Å²) in [5.74, 6) is -0.145. The van der Waals surface area contributed by atoms with E-state index in [-0.39, 0.29) is 17.8 Å². The summed E-state index contributed by atoms with van der Waals surface area (Å²) < 4.78 is 29.8. The van der Waals surface area contributed by atoms with Gasteiger partial charge in [0.1, 0.15) is 17.7 Å². The van der Waals surface area contributed by atoms with Crippen molar-refractivity contribution in [2.24, 2.45) is 0 Å². The van der Waals surface area contributed by atoms with E-state index < -0.39 is 6.10 Å². The maximum absolute atomic E-state index is 13.5. The first-order valence-electron chi connectivity index (χ1n) is 8.40. The van der Waals surface area contributed by atoms with Crippen LogP contribution in [0.3, 0.4) is 0 Å². The number of aromatic nitrogens is 1. The molecule has 1 aliphatic heterocycles. The molecule has 0 radical (unpaired) electrons. The molecule has 0 spiro atoms. The zero-order valence-electron chi connectivity index (χ0n) is 14.7. The minimum absolute atomic E-state index is 0.0668. The standard InChI is InChI=1S/C18H21FN2O4S/c1-11(25-9-13-4-3-7-24-13)17(22)21-18-20-15(10-26-18)14-8-12(19)5-6-16(14)23-2/h5-6,8,10-11,13H,3-4,7,9H2,1-2H3,(H,20,21,22). The summed E-state index contributed by atoms with van der Waals surface area (Å²) in [4.78, 5) is 16.6. The first kappa shape index (κ1) is 18.8. The largest absolute Gasteiger partial charge is 0.496 e. The summed E-state index contributed by atoms with van der Waals surface area (Å²) in [6, 6.07) is 4.22. The van der Waals surface area contributed by atoms with Crippen molar-refractivity contribution in [1.82, 2.24) is 4.98 Å². The number of ether oxygens (including phenoxy) is 3. The number of carbonyl (C=O) groups excluding carboxylic acids is 1. The molecule has 0 aliphatic carbocycles. The van der Waals surface area contributed by atoms with Crippen LogP contribution in [0.4, 0.5) is 9.52 Å². The van der Waals surface area contributed by atoms with Gasteiger partial charge in [-0.1, -0.05) is 0 Å². The molecule has 26 heavy (non-hydrogen) atoms. The van der Waals surface area contributed by atoms with Gasteiger partial charge >= 0.3 is 0 Å². The number of hydrogen-bond acceptors (Lipinski definition) is 6. The van der Waals surface area contributed by atoms with Crippen LogP contribution in [-0.4, -0.2) is 43.4 Å². The third-order valence-electron chi connectivity index (χ3n) is 4.10. The number of benzene rings is 1. The molecule has 0 saturated carbocycles. The van der Waals surface area contributed by atoms with E-state index >= 15 is 0 Å². The van der Waals surface area contributed by atoms with Crippen molar-refractivity contribution in [3.63, 3.8) is 0 Å². The second-order valence-corrected chi connectivity index (χ2v) is 6.84. The minimum atomic E-state index is -0.616. The molecule has 140 valence electrons. The highest BCUT2D eigenvalue weighted by atomic mass is 32.1. The van der Waals surface area contributed by atoms with Gasteiger partial charge in [0.15, 0.2) is 5.13 Å². The Kier molecular flexibility index (Phi) is 6.18. The summed E-state index contributed by atoms with van der Waals surface area (Å²) in [7, 11) is 1.51. The number of carbonyl (C=O) groups is 1. The molecule has 0 bridgehead atoms. The number of anilines is 1. The lowest BCUT2D eigenvalue weighted by Crippen LogP contribution is -2.30. The molecule has 2 atom stereocenters. The van der Waals surface area contributed by atoms with E-state index in [1.54, 1.807) is 18.4 Å². The Morgan fingerprint density at radius 2 is 2.38 bits per heavy atom. The lowest BCUT2D eigenvalue weighted by Gasteiger charge is -2.15. The quantitative estimate of drug-likeness (QED) is 0.796. The van der Waals surface area contributed by atoms with Crippen LogP contribution < -0.4 is 10.1 Å². The SMILES string of the molecule is COc1ccc(F)cc1-c1csc(NC(=O)C(C)OCC2CCCO2)n1. The maximum Gasteiger partial charge on any atom is 0.254 e. The van der Waals surface area contributed by atoms with Crippen molar-refractivity contribution in [2.75, 3.05) is 25.6 Å². The van der Waals surface area contributed by atoms with Crippen LogP contribution in [0, 0.1) is 5.82 Å². The Balaban J connectivity index is 1.61. The number of nitrogens with zero attached hydrogens (tertiary/aromatic N) is 1. The summed E-state index contributed by atoms with van der Waals surface area (Å²) in [5, 5.41) is 4.89. The predicted octanol–water partition coefficient (Wildman–Crippen LogP) is 3.48. The van der Waals surface area contributed by atoms with Crippen molar-refractivity contribution < 1.29 is 23.4 Å². The van der Waals surface area contributed by atoms with Crippen molar-refractivity contribution in [1.29, 1.82) is 0 Å². The lowest BCUT2D eigenvalue weighted by atomic mass is 10.1. The number of nitrogens with one attached hydrogen (secondary N) is 1. The van der Waals surface area contributed by atoms with Crippen LogP contribution in [0.2, 0.25) is 0 Å². The summed E-state index contributed by atoms with van der Waals surface area (Å²) in [5.41, 5.74) is 1.07. The molecule has 3 rings (SSSR count). The summed E-state index contributed by atoms with van der Waals surface area (Å²) in [6.07, 6.45) is 1.44. The van der Waals surface area contributed by atoms with Crippen LogP contribution in [-0.2, 0) is 14.3 Å². The highest BCUT2D eigenvalue weighted by molar-refractivity contribution is 7.14. The fourth-order valence-corrected chi connectivity index (χ4v) is 3.36. The second-order valence-electron chi connectivity index (χ2n) is 5.98. The Morgan fingerprint density at radius 1 is 1.54 bits per heavy atom. The van der Waals surface area contributed by atoms with E-state index in [1.165, 1.54) is 30.6 Å². The molecule has 1 saturated heterocycles. The first-order chi connectivity index (χ1) is 12.6. The Bertz CT molecular complexity index is 761. The molecule has 6 nitrogen and oxygen atoms in total. The van der Waals surface area contributed by atoms with Crippen molar-refractivity contribution in [2.45, 2.75) is 32.0 Å². The van der Waals surface area contributed by atoms with Gasteiger partial charge in [0.05, 0.1) is 25.5 Å². The Labute approximate surface area is 155 Å². The number of thiazole rings is 1. The van der Waals surface area contributed by atoms with E-state index in [0.29, 0.717) is 28.7 Å². The molecule has 2 unspecified atom stereocenters. The normalized spacial score (nSPS) is 17.9.